The predicted molar refractivity (Wildman–Crippen MR) is 107 cm³/mol. The topological polar surface area (TPSA) is 131 Å². The number of carbonyl (C=O) groups excluding carboxylic acids is 1. The van der Waals surface area contributed by atoms with Gasteiger partial charge in [-0.25, -0.2) is 13.2 Å². The van der Waals surface area contributed by atoms with Gasteiger partial charge in [0.1, 0.15) is 10.4 Å². The Hall–Kier alpha value is -2.43. The van der Waals surface area contributed by atoms with E-state index in [0.29, 0.717) is 31.2 Å². The molecule has 0 bridgehead atoms. The molecule has 164 valence electrons. The second-order valence-electron chi connectivity index (χ2n) is 9.00. The Morgan fingerprint density at radius 1 is 1.37 bits per heavy atom. The average molecular weight is 439 g/mol. The number of amides is 1. The van der Waals surface area contributed by atoms with Crippen LogP contribution in [0, 0.1) is 0 Å². The van der Waals surface area contributed by atoms with Gasteiger partial charge in [0.15, 0.2) is 21.6 Å². The van der Waals surface area contributed by atoms with Crippen molar-refractivity contribution in [3.05, 3.63) is 17.0 Å². The molecule has 3 heterocycles. The molecular weight excluding hydrogens is 412 g/mol. The summed E-state index contributed by atoms with van der Waals surface area (Å²) in [5.74, 6) is -1.56. The highest BCUT2D eigenvalue weighted by atomic mass is 32.2. The molecule has 0 spiro atoms. The molecule has 11 heteroatoms. The fourth-order valence-electron chi connectivity index (χ4n) is 4.49. The Labute approximate surface area is 174 Å². The summed E-state index contributed by atoms with van der Waals surface area (Å²) in [6.45, 7) is 5.48. The van der Waals surface area contributed by atoms with Crippen LogP contribution in [0.15, 0.2) is 5.16 Å². The van der Waals surface area contributed by atoms with Crippen molar-refractivity contribution in [2.75, 3.05) is 13.1 Å². The number of sulfone groups is 1. The lowest BCUT2D eigenvalue weighted by Crippen LogP contribution is -2.54. The lowest BCUT2D eigenvalue weighted by atomic mass is 10.0. The zero-order valence-corrected chi connectivity index (χ0v) is 18.3. The molecule has 0 saturated heterocycles. The molecular formula is C19H26N4O6S. The molecule has 1 atom stereocenters. The third-order valence-corrected chi connectivity index (χ3v) is 9.94. The summed E-state index contributed by atoms with van der Waals surface area (Å²) in [5.41, 5.74) is 1.27. The Balaban J connectivity index is 1.59. The van der Waals surface area contributed by atoms with Gasteiger partial charge in [-0.1, -0.05) is 5.16 Å². The smallest absolute Gasteiger partial charge is 0.356 e. The van der Waals surface area contributed by atoms with Crippen LogP contribution >= 0.6 is 0 Å². The van der Waals surface area contributed by atoms with E-state index in [1.165, 1.54) is 16.6 Å². The number of hydrogen-bond acceptors (Lipinski definition) is 7. The molecule has 1 fully saturated rings. The van der Waals surface area contributed by atoms with E-state index in [4.69, 9.17) is 4.84 Å². The number of aromatic nitrogens is 2. The quantitative estimate of drug-likeness (QED) is 0.701. The number of aromatic carboxylic acids is 1. The Morgan fingerprint density at radius 2 is 2.03 bits per heavy atom. The van der Waals surface area contributed by atoms with Crippen molar-refractivity contribution in [3.63, 3.8) is 0 Å². The normalized spacial score (nSPS) is 23.1. The number of carboxylic acids is 1. The number of carbonyl (C=O) groups is 2. The first-order chi connectivity index (χ1) is 13.9. The molecule has 0 aromatic carbocycles. The minimum absolute atomic E-state index is 0.0805. The first kappa shape index (κ1) is 20.8. The largest absolute Gasteiger partial charge is 0.476 e. The maximum absolute atomic E-state index is 13.7. The third-order valence-electron chi connectivity index (χ3n) is 6.61. The van der Waals surface area contributed by atoms with Crippen molar-refractivity contribution < 1.29 is 28.0 Å². The maximum Gasteiger partial charge on any atom is 0.356 e. The van der Waals surface area contributed by atoms with Gasteiger partial charge in [0.05, 0.1) is 10.5 Å². The van der Waals surface area contributed by atoms with Gasteiger partial charge in [0.25, 0.3) is 5.91 Å². The number of nitrogens with zero attached hydrogens (tertiary/aromatic N) is 4. The number of oxime groups is 1. The molecule has 30 heavy (non-hydrogen) atoms. The summed E-state index contributed by atoms with van der Waals surface area (Å²) in [7, 11) is -2.13. The molecule has 1 N–H and O–H groups in total. The van der Waals surface area contributed by atoms with Crippen molar-refractivity contribution in [1.82, 2.24) is 14.7 Å². The predicted octanol–water partition coefficient (Wildman–Crippen LogP) is 1.01. The van der Waals surface area contributed by atoms with Gasteiger partial charge in [0.2, 0.25) is 0 Å². The second kappa shape index (κ2) is 6.53. The minimum Gasteiger partial charge on any atom is -0.476 e. The zero-order valence-electron chi connectivity index (χ0n) is 17.5. The molecule has 10 nitrogen and oxygen atoms in total. The summed E-state index contributed by atoms with van der Waals surface area (Å²) in [4.78, 5) is 31.4. The molecule has 1 aromatic heterocycles. The van der Waals surface area contributed by atoms with Crippen LogP contribution in [0.2, 0.25) is 0 Å². The van der Waals surface area contributed by atoms with Gasteiger partial charge >= 0.3 is 5.97 Å². The van der Waals surface area contributed by atoms with Crippen molar-refractivity contribution in [2.45, 2.75) is 62.1 Å². The number of carboxylic acid groups (broad SMARTS) is 1. The van der Waals surface area contributed by atoms with Crippen LogP contribution in [-0.2, 0) is 28.1 Å². The Bertz CT molecular complexity index is 1070. The van der Waals surface area contributed by atoms with E-state index < -0.39 is 31.4 Å². The van der Waals surface area contributed by atoms with Gasteiger partial charge in [-0.15, -0.1) is 0 Å². The average Bonchev–Trinajstić information content (AvgIpc) is 3.19. The van der Waals surface area contributed by atoms with E-state index in [0.717, 1.165) is 5.71 Å². The third kappa shape index (κ3) is 2.85. The number of aryl methyl sites for hydroxylation is 1. The highest BCUT2D eigenvalue weighted by Gasteiger charge is 2.63. The van der Waals surface area contributed by atoms with Crippen LogP contribution in [0.4, 0.5) is 0 Å². The maximum atomic E-state index is 13.7. The van der Waals surface area contributed by atoms with Gasteiger partial charge in [-0.3, -0.25) is 9.48 Å². The van der Waals surface area contributed by atoms with Crippen LogP contribution in [0.25, 0.3) is 0 Å². The first-order valence-corrected chi connectivity index (χ1v) is 11.4. The molecule has 1 aromatic rings. The number of hydrogen-bond donors (Lipinski definition) is 1. The standard InChI is InChI=1S/C19H26N4O6S/c1-11-9-13(29-21-11)18(2,3)30(27,28)19(6-7-19)10-23-8-5-12-14(17(25)26)20-22(4)15(12)16(23)24/h13H,5-10H2,1-4H3,(H,25,26). The zero-order chi connectivity index (χ0) is 22.1. The SMILES string of the molecule is CC1=NOC(C(C)(C)S(=O)(=O)C2(CN3CCc4c(C(=O)O)nn(C)c4C3=O)CC2)C1. The molecule has 3 aliphatic rings. The molecule has 1 amide bonds. The number of fused-ring (bicyclic) bond motifs is 1. The van der Waals surface area contributed by atoms with Crippen LogP contribution in [0.5, 0.6) is 0 Å². The fraction of sp³-hybridized carbons (Fsp3) is 0.684. The minimum atomic E-state index is -3.66. The molecule has 2 aliphatic heterocycles. The lowest BCUT2D eigenvalue weighted by Gasteiger charge is -2.36. The highest BCUT2D eigenvalue weighted by Crippen LogP contribution is 2.51. The summed E-state index contributed by atoms with van der Waals surface area (Å²) >= 11 is 0. The van der Waals surface area contributed by atoms with Crippen molar-refractivity contribution in [2.24, 2.45) is 12.2 Å². The molecule has 1 saturated carbocycles. The van der Waals surface area contributed by atoms with Crippen LogP contribution < -0.4 is 0 Å². The van der Waals surface area contributed by atoms with Crippen LogP contribution in [-0.4, -0.2) is 74.5 Å². The van der Waals surface area contributed by atoms with E-state index in [1.54, 1.807) is 20.8 Å². The summed E-state index contributed by atoms with van der Waals surface area (Å²) < 4.78 is 26.4. The molecule has 1 aliphatic carbocycles. The Kier molecular flexibility index (Phi) is 4.53. The van der Waals surface area contributed by atoms with E-state index in [-0.39, 0.29) is 30.4 Å². The van der Waals surface area contributed by atoms with Gasteiger partial charge in [0, 0.05) is 32.1 Å². The Morgan fingerprint density at radius 3 is 2.57 bits per heavy atom. The monoisotopic (exact) mass is 438 g/mol. The highest BCUT2D eigenvalue weighted by molar-refractivity contribution is 7.94. The summed E-state index contributed by atoms with van der Waals surface area (Å²) in [5, 5.41) is 17.2. The van der Waals surface area contributed by atoms with E-state index in [1.807, 2.05) is 0 Å². The number of rotatable bonds is 6. The van der Waals surface area contributed by atoms with E-state index in [2.05, 4.69) is 10.3 Å². The fourth-order valence-corrected chi connectivity index (χ4v) is 7.05. The summed E-state index contributed by atoms with van der Waals surface area (Å²) in [6.07, 6.45) is 1.19. The van der Waals surface area contributed by atoms with Crippen LogP contribution in [0.1, 0.15) is 66.6 Å². The van der Waals surface area contributed by atoms with Gasteiger partial charge in [-0.05, 0) is 40.0 Å². The van der Waals surface area contributed by atoms with Crippen molar-refractivity contribution in [3.8, 4) is 0 Å². The molecule has 1 unspecified atom stereocenters. The van der Waals surface area contributed by atoms with Crippen molar-refractivity contribution >= 4 is 27.4 Å². The van der Waals surface area contributed by atoms with E-state index >= 15 is 0 Å². The van der Waals surface area contributed by atoms with Gasteiger partial charge in [-0.2, -0.15) is 5.10 Å². The lowest BCUT2D eigenvalue weighted by molar-refractivity contribution is 0.0601. The molecule has 0 radical (unpaired) electrons. The van der Waals surface area contributed by atoms with Crippen LogP contribution in [0.3, 0.4) is 0 Å². The van der Waals surface area contributed by atoms with Crippen molar-refractivity contribution in [1.29, 1.82) is 0 Å². The molecule has 4 rings (SSSR count). The van der Waals surface area contributed by atoms with Gasteiger partial charge < -0.3 is 14.8 Å². The second-order valence-corrected chi connectivity index (χ2v) is 11.9. The first-order valence-electron chi connectivity index (χ1n) is 9.93. The summed E-state index contributed by atoms with van der Waals surface area (Å²) in [6, 6.07) is 0. The van der Waals surface area contributed by atoms with E-state index in [9.17, 15) is 23.1 Å².